The number of hydrogen-bond acceptors (Lipinski definition) is 2. The maximum Gasteiger partial charge on any atom is 0.253 e. The van der Waals surface area contributed by atoms with Gasteiger partial charge >= 0.3 is 0 Å². The molecule has 4 aliphatic rings. The fraction of sp³-hybridized carbons (Fsp3) is 0.759. The molecule has 0 bridgehead atoms. The van der Waals surface area contributed by atoms with E-state index in [2.05, 4.69) is 20.8 Å². The van der Waals surface area contributed by atoms with Gasteiger partial charge < -0.3 is 10.0 Å². The fourth-order valence-electron chi connectivity index (χ4n) is 9.15. The topological polar surface area (TPSA) is 40.5 Å². The van der Waals surface area contributed by atoms with Gasteiger partial charge in [0.1, 0.15) is 0 Å². The first kappa shape index (κ1) is 22.4. The molecule has 4 fully saturated rings. The summed E-state index contributed by atoms with van der Waals surface area (Å²) in [5.74, 6) is 4.90. The van der Waals surface area contributed by atoms with Gasteiger partial charge in [-0.05, 0) is 125 Å². The summed E-state index contributed by atoms with van der Waals surface area (Å²) in [6.45, 7) is 6.93. The van der Waals surface area contributed by atoms with E-state index in [1.807, 2.05) is 42.3 Å². The van der Waals surface area contributed by atoms with Gasteiger partial charge in [0, 0.05) is 18.7 Å². The maximum absolute atomic E-state index is 13.2. The monoisotopic (exact) mass is 437 g/mol. The van der Waals surface area contributed by atoms with Crippen molar-refractivity contribution in [3.05, 3.63) is 35.9 Å². The Labute approximate surface area is 195 Å². The van der Waals surface area contributed by atoms with Crippen LogP contribution in [0.4, 0.5) is 0 Å². The minimum Gasteiger partial charge on any atom is -0.390 e. The average Bonchev–Trinajstić information content (AvgIpc) is 3.14. The zero-order chi connectivity index (χ0) is 22.7. The molecule has 0 unspecified atom stereocenters. The van der Waals surface area contributed by atoms with Crippen molar-refractivity contribution in [1.82, 2.24) is 4.90 Å². The molecule has 0 aromatic heterocycles. The molecule has 0 aliphatic heterocycles. The number of benzene rings is 1. The van der Waals surface area contributed by atoms with Gasteiger partial charge in [0.25, 0.3) is 5.91 Å². The summed E-state index contributed by atoms with van der Waals surface area (Å²) in [6.07, 6.45) is 11.2. The van der Waals surface area contributed by atoms with Gasteiger partial charge in [-0.15, -0.1) is 0 Å². The molecule has 4 saturated carbocycles. The third kappa shape index (κ3) is 3.63. The first-order chi connectivity index (χ1) is 15.2. The number of carbonyl (C=O) groups is 1. The molecular formula is C29H43NO2. The van der Waals surface area contributed by atoms with Crippen LogP contribution < -0.4 is 0 Å². The van der Waals surface area contributed by atoms with Crippen molar-refractivity contribution in [3.8, 4) is 0 Å². The molecular weight excluding hydrogens is 394 g/mol. The molecule has 5 rings (SSSR count). The Morgan fingerprint density at radius 3 is 2.44 bits per heavy atom. The second-order valence-corrected chi connectivity index (χ2v) is 12.4. The van der Waals surface area contributed by atoms with Crippen LogP contribution in [0.15, 0.2) is 30.3 Å². The van der Waals surface area contributed by atoms with E-state index >= 15 is 0 Å². The first-order valence-electron chi connectivity index (χ1n) is 13.3. The quantitative estimate of drug-likeness (QED) is 0.614. The Hall–Kier alpha value is -1.35. The van der Waals surface area contributed by atoms with Crippen molar-refractivity contribution in [2.75, 3.05) is 7.05 Å². The third-order valence-electron chi connectivity index (χ3n) is 10.8. The van der Waals surface area contributed by atoms with E-state index in [4.69, 9.17) is 0 Å². The normalized spacial score (nSPS) is 44.2. The second kappa shape index (κ2) is 8.15. The molecule has 0 heterocycles. The van der Waals surface area contributed by atoms with E-state index in [9.17, 15) is 9.90 Å². The van der Waals surface area contributed by atoms with Crippen LogP contribution in [-0.2, 0) is 0 Å². The van der Waals surface area contributed by atoms with Crippen molar-refractivity contribution < 1.29 is 9.90 Å². The lowest BCUT2D eigenvalue weighted by atomic mass is 9.48. The summed E-state index contributed by atoms with van der Waals surface area (Å²) in [5, 5.41) is 10.6. The maximum atomic E-state index is 13.2. The molecule has 1 aromatic rings. The van der Waals surface area contributed by atoms with Gasteiger partial charge in [-0.3, -0.25) is 4.79 Å². The van der Waals surface area contributed by atoms with Gasteiger partial charge in [-0.1, -0.05) is 25.1 Å². The van der Waals surface area contributed by atoms with E-state index in [1.54, 1.807) is 0 Å². The highest BCUT2D eigenvalue weighted by Crippen LogP contribution is 2.65. The molecule has 0 spiro atoms. The SMILES string of the molecule is C[C@@H]([C@H]1CC[C@H]2[C@@H]3CC[C@H]4C[C@](C)(O)CC[C@@H]4[C@H]3CC[C@]12C)N(C)C(=O)c1ccccc1. The smallest absolute Gasteiger partial charge is 0.253 e. The van der Waals surface area contributed by atoms with Crippen LogP contribution in [0.5, 0.6) is 0 Å². The molecule has 1 aromatic carbocycles. The van der Waals surface area contributed by atoms with Crippen LogP contribution in [-0.4, -0.2) is 34.6 Å². The Morgan fingerprint density at radius 2 is 1.69 bits per heavy atom. The van der Waals surface area contributed by atoms with Crippen LogP contribution in [0.2, 0.25) is 0 Å². The van der Waals surface area contributed by atoms with E-state index in [-0.39, 0.29) is 11.9 Å². The summed E-state index contributed by atoms with van der Waals surface area (Å²) in [7, 11) is 2.02. The minimum absolute atomic E-state index is 0.161. The highest BCUT2D eigenvalue weighted by Gasteiger charge is 2.58. The number of fused-ring (bicyclic) bond motifs is 5. The van der Waals surface area contributed by atoms with Crippen LogP contribution in [0, 0.1) is 40.9 Å². The van der Waals surface area contributed by atoms with E-state index < -0.39 is 5.60 Å². The predicted molar refractivity (Wildman–Crippen MR) is 129 cm³/mol. The number of amides is 1. The van der Waals surface area contributed by atoms with Crippen LogP contribution >= 0.6 is 0 Å². The van der Waals surface area contributed by atoms with Crippen LogP contribution in [0.1, 0.15) is 88.9 Å². The molecule has 0 radical (unpaired) electrons. The highest BCUT2D eigenvalue weighted by atomic mass is 16.3. The van der Waals surface area contributed by atoms with Gasteiger partial charge in [0.15, 0.2) is 0 Å². The average molecular weight is 438 g/mol. The lowest BCUT2D eigenvalue weighted by Crippen LogP contribution is -2.52. The van der Waals surface area contributed by atoms with Crippen molar-refractivity contribution in [3.63, 3.8) is 0 Å². The van der Waals surface area contributed by atoms with Crippen molar-refractivity contribution in [2.45, 2.75) is 90.2 Å². The first-order valence-corrected chi connectivity index (χ1v) is 13.3. The molecule has 0 saturated heterocycles. The van der Waals surface area contributed by atoms with E-state index in [0.29, 0.717) is 11.3 Å². The standard InChI is InChI=1S/C29H43NO2/c1-19(30(4)27(31)20-8-6-5-7-9-20)25-12-13-26-24-11-10-21-18-28(2,32)16-14-22(21)23(24)15-17-29(25,26)3/h5-9,19,21-26,32H,10-18H2,1-4H3/t19-,21-,22-,23+,24+,25+,26-,28+,29+/m0/s1. The summed E-state index contributed by atoms with van der Waals surface area (Å²) in [6, 6.07) is 10.0. The Bertz CT molecular complexity index is 835. The van der Waals surface area contributed by atoms with Gasteiger partial charge in [0.05, 0.1) is 5.60 Å². The van der Waals surface area contributed by atoms with Gasteiger partial charge in [-0.2, -0.15) is 0 Å². The molecule has 3 heteroatoms. The largest absolute Gasteiger partial charge is 0.390 e. The molecule has 1 amide bonds. The minimum atomic E-state index is -0.430. The zero-order valence-electron chi connectivity index (χ0n) is 20.6. The van der Waals surface area contributed by atoms with Crippen LogP contribution in [0.3, 0.4) is 0 Å². The number of aliphatic hydroxyl groups is 1. The number of rotatable bonds is 3. The molecule has 9 atom stereocenters. The molecule has 1 N–H and O–H groups in total. The Kier molecular flexibility index (Phi) is 5.72. The molecule has 32 heavy (non-hydrogen) atoms. The fourth-order valence-corrected chi connectivity index (χ4v) is 9.15. The predicted octanol–water partition coefficient (Wildman–Crippen LogP) is 6.17. The van der Waals surface area contributed by atoms with Crippen molar-refractivity contribution in [2.24, 2.45) is 40.9 Å². The van der Waals surface area contributed by atoms with E-state index in [0.717, 1.165) is 48.0 Å². The third-order valence-corrected chi connectivity index (χ3v) is 10.8. The van der Waals surface area contributed by atoms with Crippen molar-refractivity contribution in [1.29, 1.82) is 0 Å². The van der Waals surface area contributed by atoms with Crippen molar-refractivity contribution >= 4 is 5.91 Å². The number of hydrogen-bond donors (Lipinski definition) is 1. The lowest BCUT2D eigenvalue weighted by molar-refractivity contribution is -0.103. The Morgan fingerprint density at radius 1 is 0.969 bits per heavy atom. The van der Waals surface area contributed by atoms with Gasteiger partial charge in [-0.25, -0.2) is 0 Å². The summed E-state index contributed by atoms with van der Waals surface area (Å²) in [4.78, 5) is 15.2. The number of carbonyl (C=O) groups excluding carboxylic acids is 1. The van der Waals surface area contributed by atoms with E-state index in [1.165, 1.54) is 44.9 Å². The van der Waals surface area contributed by atoms with Gasteiger partial charge in [0.2, 0.25) is 0 Å². The molecule has 4 aliphatic carbocycles. The molecule has 176 valence electrons. The zero-order valence-corrected chi connectivity index (χ0v) is 20.6. The second-order valence-electron chi connectivity index (χ2n) is 12.4. The lowest BCUT2D eigenvalue weighted by Gasteiger charge is -2.57. The summed E-state index contributed by atoms with van der Waals surface area (Å²) >= 11 is 0. The molecule has 3 nitrogen and oxygen atoms in total. The number of nitrogens with zero attached hydrogens (tertiary/aromatic N) is 1. The highest BCUT2D eigenvalue weighted by molar-refractivity contribution is 5.94. The Balaban J connectivity index is 1.31. The van der Waals surface area contributed by atoms with Crippen LogP contribution in [0.25, 0.3) is 0 Å². The summed E-state index contributed by atoms with van der Waals surface area (Å²) < 4.78 is 0. The summed E-state index contributed by atoms with van der Waals surface area (Å²) in [5.41, 5.74) is 0.733.